The highest BCUT2D eigenvalue weighted by Crippen LogP contribution is 2.30. The number of hydrogen-bond donors (Lipinski definition) is 1. The standard InChI is InChI=1S/C30H35N7O3/c1-6-8-13-25-31-29(36(5)26(38)18-20(3)4)27(30(39)40-7-2)37(25)19-21-14-16-22(17-15-21)23-11-9-10-12-24(23)28-32-34-35-33-28/h9-12,14-18H,6-8,13,19H2,1-5H3,(H,32,33,34,35). The van der Waals surface area contributed by atoms with Crippen LogP contribution in [0.15, 0.2) is 60.2 Å². The van der Waals surface area contributed by atoms with Gasteiger partial charge in [0.25, 0.3) is 5.91 Å². The van der Waals surface area contributed by atoms with Gasteiger partial charge in [-0.15, -0.1) is 10.2 Å². The number of likely N-dealkylation sites (N-methyl/N-ethyl adjacent to an activating group) is 1. The summed E-state index contributed by atoms with van der Waals surface area (Å²) in [5.41, 5.74) is 4.97. The molecule has 2 aromatic carbocycles. The van der Waals surface area contributed by atoms with Gasteiger partial charge >= 0.3 is 5.97 Å². The number of hydrogen-bond acceptors (Lipinski definition) is 7. The second-order valence-corrected chi connectivity index (χ2v) is 9.71. The van der Waals surface area contributed by atoms with Crippen LogP contribution in [0.25, 0.3) is 22.5 Å². The number of amides is 1. The number of nitrogens with zero attached hydrogens (tertiary/aromatic N) is 6. The number of unbranched alkanes of at least 4 members (excludes halogenated alkanes) is 1. The first-order chi connectivity index (χ1) is 19.3. The Bertz CT molecular complexity index is 1480. The zero-order valence-electron chi connectivity index (χ0n) is 23.6. The van der Waals surface area contributed by atoms with Gasteiger partial charge in [0.15, 0.2) is 11.5 Å². The predicted octanol–water partition coefficient (Wildman–Crippen LogP) is 5.23. The van der Waals surface area contributed by atoms with Crippen LogP contribution in [0.1, 0.15) is 62.4 Å². The molecule has 1 N–H and O–H groups in total. The van der Waals surface area contributed by atoms with Crippen LogP contribution >= 0.6 is 0 Å². The number of benzene rings is 2. The number of carbonyl (C=O) groups is 2. The van der Waals surface area contributed by atoms with E-state index in [9.17, 15) is 9.59 Å². The number of imidazole rings is 1. The van der Waals surface area contributed by atoms with E-state index in [0.717, 1.165) is 46.5 Å². The van der Waals surface area contributed by atoms with Gasteiger partial charge in [0.1, 0.15) is 5.82 Å². The fraction of sp³-hybridized carbons (Fsp3) is 0.333. The number of nitrogens with one attached hydrogen (secondary N) is 1. The number of H-pyrrole nitrogens is 1. The Labute approximate surface area is 234 Å². The van der Waals surface area contributed by atoms with E-state index in [1.54, 1.807) is 14.0 Å². The van der Waals surface area contributed by atoms with Crippen LogP contribution in [-0.2, 0) is 22.5 Å². The number of aromatic nitrogens is 6. The van der Waals surface area contributed by atoms with Crippen LogP contribution in [-0.4, -0.2) is 55.7 Å². The van der Waals surface area contributed by atoms with E-state index >= 15 is 0 Å². The maximum atomic E-state index is 13.2. The van der Waals surface area contributed by atoms with E-state index in [-0.39, 0.29) is 18.2 Å². The third kappa shape index (κ3) is 6.33. The van der Waals surface area contributed by atoms with Crippen molar-refractivity contribution in [2.24, 2.45) is 0 Å². The van der Waals surface area contributed by atoms with Crippen LogP contribution < -0.4 is 4.90 Å². The Morgan fingerprint density at radius 2 is 1.77 bits per heavy atom. The first kappa shape index (κ1) is 28.4. The smallest absolute Gasteiger partial charge is 0.358 e. The molecule has 0 saturated heterocycles. The highest BCUT2D eigenvalue weighted by atomic mass is 16.5. The number of ether oxygens (including phenoxy) is 1. The minimum absolute atomic E-state index is 0.216. The summed E-state index contributed by atoms with van der Waals surface area (Å²) in [4.78, 5) is 32.4. The van der Waals surface area contributed by atoms with Crippen molar-refractivity contribution in [3.8, 4) is 22.5 Å². The lowest BCUT2D eigenvalue weighted by Gasteiger charge is -2.16. The molecule has 208 valence electrons. The summed E-state index contributed by atoms with van der Waals surface area (Å²) >= 11 is 0. The summed E-state index contributed by atoms with van der Waals surface area (Å²) in [5.74, 6) is 0.815. The highest BCUT2D eigenvalue weighted by molar-refractivity contribution is 6.05. The second-order valence-electron chi connectivity index (χ2n) is 9.71. The molecule has 0 saturated carbocycles. The molecule has 4 rings (SSSR count). The molecule has 2 aromatic heterocycles. The molecule has 0 radical (unpaired) electrons. The molecule has 10 heteroatoms. The number of allylic oxidation sites excluding steroid dienone is 1. The minimum Gasteiger partial charge on any atom is -0.461 e. The average molecular weight is 542 g/mol. The van der Waals surface area contributed by atoms with Crippen molar-refractivity contribution >= 4 is 17.7 Å². The third-order valence-electron chi connectivity index (χ3n) is 6.43. The summed E-state index contributed by atoms with van der Waals surface area (Å²) in [6.07, 6.45) is 4.07. The molecule has 0 atom stereocenters. The Kier molecular flexibility index (Phi) is 9.21. The Morgan fingerprint density at radius 1 is 1.05 bits per heavy atom. The van der Waals surface area contributed by atoms with Gasteiger partial charge in [-0.2, -0.15) is 5.21 Å². The van der Waals surface area contributed by atoms with E-state index in [1.165, 1.54) is 11.0 Å². The average Bonchev–Trinajstić information content (AvgIpc) is 3.60. The highest BCUT2D eigenvalue weighted by Gasteiger charge is 2.28. The van der Waals surface area contributed by atoms with E-state index in [2.05, 4.69) is 27.5 Å². The second kappa shape index (κ2) is 13.0. The summed E-state index contributed by atoms with van der Waals surface area (Å²) in [5, 5.41) is 14.5. The predicted molar refractivity (Wildman–Crippen MR) is 154 cm³/mol. The van der Waals surface area contributed by atoms with Crippen LogP contribution in [0.3, 0.4) is 0 Å². The van der Waals surface area contributed by atoms with Crippen molar-refractivity contribution in [1.82, 2.24) is 30.2 Å². The van der Waals surface area contributed by atoms with Gasteiger partial charge in [0.2, 0.25) is 5.82 Å². The van der Waals surface area contributed by atoms with E-state index in [0.29, 0.717) is 24.6 Å². The molecule has 0 fully saturated rings. The van der Waals surface area contributed by atoms with Gasteiger partial charge in [0.05, 0.1) is 6.61 Å². The fourth-order valence-corrected chi connectivity index (χ4v) is 4.44. The lowest BCUT2D eigenvalue weighted by atomic mass is 9.98. The fourth-order valence-electron chi connectivity index (χ4n) is 4.44. The normalized spacial score (nSPS) is 10.8. The molecule has 4 aromatic rings. The van der Waals surface area contributed by atoms with Gasteiger partial charge in [0, 0.05) is 31.7 Å². The SMILES string of the molecule is CCCCc1nc(N(C)C(=O)C=C(C)C)c(C(=O)OCC)n1Cc1ccc(-c2ccccc2-c2nn[nH]n2)cc1. The summed E-state index contributed by atoms with van der Waals surface area (Å²) < 4.78 is 7.32. The number of aromatic amines is 1. The molecular weight excluding hydrogens is 506 g/mol. The molecule has 0 unspecified atom stereocenters. The maximum absolute atomic E-state index is 13.2. The third-order valence-corrected chi connectivity index (χ3v) is 6.43. The molecule has 0 aliphatic rings. The van der Waals surface area contributed by atoms with E-state index in [1.807, 2.05) is 66.9 Å². The molecule has 0 spiro atoms. The molecule has 40 heavy (non-hydrogen) atoms. The summed E-state index contributed by atoms with van der Waals surface area (Å²) in [7, 11) is 1.64. The topological polar surface area (TPSA) is 119 Å². The van der Waals surface area contributed by atoms with Crippen molar-refractivity contribution in [1.29, 1.82) is 0 Å². The Hall–Kier alpha value is -4.60. The molecule has 2 heterocycles. The monoisotopic (exact) mass is 541 g/mol. The van der Waals surface area contributed by atoms with Crippen LogP contribution in [0, 0.1) is 0 Å². The number of anilines is 1. The molecule has 0 aliphatic carbocycles. The number of esters is 1. The number of tetrazole rings is 1. The van der Waals surface area contributed by atoms with Crippen molar-refractivity contribution in [2.45, 2.75) is 53.5 Å². The van der Waals surface area contributed by atoms with Gasteiger partial charge in [-0.25, -0.2) is 9.78 Å². The molecular formula is C30H35N7O3. The summed E-state index contributed by atoms with van der Waals surface area (Å²) in [6, 6.07) is 16.0. The largest absolute Gasteiger partial charge is 0.461 e. The molecule has 0 aliphatic heterocycles. The first-order valence-electron chi connectivity index (χ1n) is 13.4. The van der Waals surface area contributed by atoms with Crippen molar-refractivity contribution in [2.75, 3.05) is 18.6 Å². The number of aryl methyl sites for hydroxylation is 1. The lowest BCUT2D eigenvalue weighted by molar-refractivity contribution is -0.114. The Morgan fingerprint density at radius 3 is 2.40 bits per heavy atom. The zero-order chi connectivity index (χ0) is 28.6. The molecule has 10 nitrogen and oxygen atoms in total. The first-order valence-corrected chi connectivity index (χ1v) is 13.4. The van der Waals surface area contributed by atoms with Gasteiger partial charge in [-0.05, 0) is 49.1 Å². The lowest BCUT2D eigenvalue weighted by Crippen LogP contribution is -2.27. The number of carbonyl (C=O) groups excluding carboxylic acids is 2. The van der Waals surface area contributed by atoms with Gasteiger partial charge in [-0.3, -0.25) is 9.69 Å². The van der Waals surface area contributed by atoms with E-state index < -0.39 is 5.97 Å². The molecule has 0 bridgehead atoms. The number of rotatable bonds is 11. The summed E-state index contributed by atoms with van der Waals surface area (Å²) in [6.45, 7) is 8.20. The molecule has 1 amide bonds. The van der Waals surface area contributed by atoms with Crippen LogP contribution in [0.4, 0.5) is 5.82 Å². The quantitative estimate of drug-likeness (QED) is 0.204. The van der Waals surface area contributed by atoms with Crippen molar-refractivity contribution in [3.63, 3.8) is 0 Å². The van der Waals surface area contributed by atoms with Crippen molar-refractivity contribution < 1.29 is 14.3 Å². The minimum atomic E-state index is -0.504. The Balaban J connectivity index is 1.73. The zero-order valence-corrected chi connectivity index (χ0v) is 23.6. The van der Waals surface area contributed by atoms with Crippen LogP contribution in [0.5, 0.6) is 0 Å². The van der Waals surface area contributed by atoms with Gasteiger partial charge in [-0.1, -0.05) is 67.4 Å². The van der Waals surface area contributed by atoms with Crippen molar-refractivity contribution in [3.05, 3.63) is 77.3 Å². The van der Waals surface area contributed by atoms with Crippen LogP contribution in [0.2, 0.25) is 0 Å². The van der Waals surface area contributed by atoms with Gasteiger partial charge < -0.3 is 9.30 Å². The maximum Gasteiger partial charge on any atom is 0.358 e. The van der Waals surface area contributed by atoms with E-state index in [4.69, 9.17) is 9.72 Å².